The van der Waals surface area contributed by atoms with Crippen molar-refractivity contribution in [3.05, 3.63) is 36.4 Å². The summed E-state index contributed by atoms with van der Waals surface area (Å²) in [6.07, 6.45) is 4.45. The summed E-state index contributed by atoms with van der Waals surface area (Å²) in [6, 6.07) is 6.97. The topological polar surface area (TPSA) is 35.1 Å². The van der Waals surface area contributed by atoms with Crippen molar-refractivity contribution in [2.24, 2.45) is 0 Å². The van der Waals surface area contributed by atoms with E-state index in [-0.39, 0.29) is 0 Å². The first-order valence-electron chi connectivity index (χ1n) is 6.07. The highest BCUT2D eigenvalue weighted by molar-refractivity contribution is 5.42. The second-order valence-electron chi connectivity index (χ2n) is 4.36. The lowest BCUT2D eigenvalue weighted by Crippen LogP contribution is -2.84. The molecule has 0 atom stereocenters. The summed E-state index contributed by atoms with van der Waals surface area (Å²) in [7, 11) is 1.67. The normalized spacial score (nSPS) is 14.4. The lowest BCUT2D eigenvalue weighted by atomic mass is 10.2. The summed E-state index contributed by atoms with van der Waals surface area (Å²) in [4.78, 5) is 0. The maximum Gasteiger partial charge on any atom is 0.161 e. The molecule has 3 heteroatoms. The number of hydrogen-bond acceptors (Lipinski definition) is 2. The van der Waals surface area contributed by atoms with Crippen molar-refractivity contribution < 1.29 is 14.8 Å². The Morgan fingerprint density at radius 2 is 2.24 bits per heavy atom. The van der Waals surface area contributed by atoms with Gasteiger partial charge in [0.1, 0.15) is 13.2 Å². The summed E-state index contributed by atoms with van der Waals surface area (Å²) < 4.78 is 10.8. The minimum atomic E-state index is 0.504. The molecule has 0 saturated heterocycles. The average Bonchev–Trinajstić information content (AvgIpc) is 3.18. The Bertz CT molecular complexity index is 386. The number of hydrogen-bond donors (Lipinski definition) is 1. The molecule has 1 aromatic rings. The van der Waals surface area contributed by atoms with Crippen molar-refractivity contribution in [1.29, 1.82) is 0 Å². The van der Waals surface area contributed by atoms with Gasteiger partial charge in [-0.25, -0.2) is 0 Å². The summed E-state index contributed by atoms with van der Waals surface area (Å²) in [5, 5.41) is 2.39. The second kappa shape index (κ2) is 5.73. The standard InChI is InChI=1S/C14H19NO2/c1-3-8-17-13-7-4-11(9-14(13)16-2)10-15-12-5-6-12/h3-4,7,9,12,15H,1,5-6,8,10H2,2H3/p+1. The first-order valence-corrected chi connectivity index (χ1v) is 6.07. The third kappa shape index (κ3) is 3.49. The lowest BCUT2D eigenvalue weighted by molar-refractivity contribution is -0.683. The van der Waals surface area contributed by atoms with Crippen LogP contribution in [0.5, 0.6) is 11.5 Å². The fraction of sp³-hybridized carbons (Fsp3) is 0.429. The molecular formula is C14H20NO2+. The van der Waals surface area contributed by atoms with Gasteiger partial charge in [0, 0.05) is 18.4 Å². The number of methoxy groups -OCH3 is 1. The minimum Gasteiger partial charge on any atom is -0.493 e. The Morgan fingerprint density at radius 1 is 1.41 bits per heavy atom. The SMILES string of the molecule is C=CCOc1ccc(C[NH2+]C2CC2)cc1OC. The third-order valence-electron chi connectivity index (χ3n) is 2.89. The van der Waals surface area contributed by atoms with Gasteiger partial charge < -0.3 is 14.8 Å². The average molecular weight is 234 g/mol. The Morgan fingerprint density at radius 3 is 2.88 bits per heavy atom. The molecule has 0 aliphatic heterocycles. The molecule has 0 spiro atoms. The van der Waals surface area contributed by atoms with Crippen molar-refractivity contribution in [1.82, 2.24) is 0 Å². The van der Waals surface area contributed by atoms with Crippen LogP contribution in [0.1, 0.15) is 18.4 Å². The smallest absolute Gasteiger partial charge is 0.161 e. The highest BCUT2D eigenvalue weighted by Crippen LogP contribution is 2.27. The fourth-order valence-corrected chi connectivity index (χ4v) is 1.74. The third-order valence-corrected chi connectivity index (χ3v) is 2.89. The van der Waals surface area contributed by atoms with E-state index < -0.39 is 0 Å². The van der Waals surface area contributed by atoms with E-state index >= 15 is 0 Å². The van der Waals surface area contributed by atoms with Gasteiger partial charge in [-0.1, -0.05) is 12.7 Å². The van der Waals surface area contributed by atoms with Gasteiger partial charge in [-0.05, 0) is 18.2 Å². The molecule has 3 nitrogen and oxygen atoms in total. The molecular weight excluding hydrogens is 214 g/mol. The molecule has 0 heterocycles. The predicted molar refractivity (Wildman–Crippen MR) is 67.3 cm³/mol. The number of ether oxygens (including phenoxy) is 2. The van der Waals surface area contributed by atoms with E-state index in [1.54, 1.807) is 13.2 Å². The van der Waals surface area contributed by atoms with Gasteiger partial charge in [0.25, 0.3) is 0 Å². The molecule has 0 amide bonds. The zero-order valence-electron chi connectivity index (χ0n) is 10.3. The maximum atomic E-state index is 5.52. The van der Waals surface area contributed by atoms with E-state index in [1.807, 2.05) is 6.07 Å². The summed E-state index contributed by atoms with van der Waals surface area (Å²) in [5.74, 6) is 1.58. The van der Waals surface area contributed by atoms with Gasteiger partial charge in [0.05, 0.1) is 13.2 Å². The van der Waals surface area contributed by atoms with Crippen LogP contribution in [-0.2, 0) is 6.54 Å². The van der Waals surface area contributed by atoms with Crippen LogP contribution in [-0.4, -0.2) is 19.8 Å². The molecule has 1 aliphatic carbocycles. The van der Waals surface area contributed by atoms with Crippen LogP contribution in [0.2, 0.25) is 0 Å². The van der Waals surface area contributed by atoms with E-state index in [9.17, 15) is 0 Å². The number of benzene rings is 1. The Kier molecular flexibility index (Phi) is 4.04. The molecule has 1 fully saturated rings. The second-order valence-corrected chi connectivity index (χ2v) is 4.36. The zero-order valence-corrected chi connectivity index (χ0v) is 10.3. The molecule has 2 N–H and O–H groups in total. The minimum absolute atomic E-state index is 0.504. The van der Waals surface area contributed by atoms with Crippen molar-refractivity contribution in [2.45, 2.75) is 25.4 Å². The van der Waals surface area contributed by atoms with Gasteiger partial charge in [-0.15, -0.1) is 0 Å². The van der Waals surface area contributed by atoms with Crippen molar-refractivity contribution >= 4 is 0 Å². The number of rotatable bonds is 7. The fourth-order valence-electron chi connectivity index (χ4n) is 1.74. The van der Waals surface area contributed by atoms with Gasteiger partial charge in [0.15, 0.2) is 11.5 Å². The van der Waals surface area contributed by atoms with Crippen LogP contribution in [0, 0.1) is 0 Å². The summed E-state index contributed by atoms with van der Waals surface area (Å²) >= 11 is 0. The van der Waals surface area contributed by atoms with E-state index in [0.29, 0.717) is 6.61 Å². The molecule has 92 valence electrons. The number of quaternary nitrogens is 1. The molecule has 0 bridgehead atoms. The molecule has 0 unspecified atom stereocenters. The summed E-state index contributed by atoms with van der Waals surface area (Å²) in [6.45, 7) is 5.15. The van der Waals surface area contributed by atoms with Crippen LogP contribution in [0.15, 0.2) is 30.9 Å². The van der Waals surface area contributed by atoms with Crippen LogP contribution in [0.3, 0.4) is 0 Å². The molecule has 1 aromatic carbocycles. The van der Waals surface area contributed by atoms with Crippen LogP contribution in [0.25, 0.3) is 0 Å². The van der Waals surface area contributed by atoms with Crippen LogP contribution >= 0.6 is 0 Å². The predicted octanol–water partition coefficient (Wildman–Crippen LogP) is 1.49. The Labute approximate surface area is 102 Å². The Hall–Kier alpha value is -1.48. The van der Waals surface area contributed by atoms with E-state index in [2.05, 4.69) is 24.0 Å². The highest BCUT2D eigenvalue weighted by Gasteiger charge is 2.24. The van der Waals surface area contributed by atoms with Gasteiger partial charge in [-0.3, -0.25) is 0 Å². The van der Waals surface area contributed by atoms with Gasteiger partial charge in [0.2, 0.25) is 0 Å². The largest absolute Gasteiger partial charge is 0.493 e. The van der Waals surface area contributed by atoms with Crippen LogP contribution < -0.4 is 14.8 Å². The van der Waals surface area contributed by atoms with E-state index in [4.69, 9.17) is 9.47 Å². The molecule has 2 rings (SSSR count). The van der Waals surface area contributed by atoms with Gasteiger partial charge in [-0.2, -0.15) is 0 Å². The molecule has 0 radical (unpaired) electrons. The monoisotopic (exact) mass is 234 g/mol. The van der Waals surface area contributed by atoms with Crippen molar-refractivity contribution in [3.63, 3.8) is 0 Å². The molecule has 0 aromatic heterocycles. The molecule has 17 heavy (non-hydrogen) atoms. The maximum absolute atomic E-state index is 5.52. The first-order chi connectivity index (χ1) is 8.33. The first kappa shape index (κ1) is 12.0. The van der Waals surface area contributed by atoms with Gasteiger partial charge >= 0.3 is 0 Å². The summed E-state index contributed by atoms with van der Waals surface area (Å²) in [5.41, 5.74) is 1.28. The number of nitrogens with two attached hydrogens (primary N) is 1. The quantitative estimate of drug-likeness (QED) is 0.725. The molecule has 1 aliphatic rings. The van der Waals surface area contributed by atoms with Crippen molar-refractivity contribution in [3.8, 4) is 11.5 Å². The zero-order chi connectivity index (χ0) is 12.1. The Balaban J connectivity index is 2.00. The molecule has 1 saturated carbocycles. The van der Waals surface area contributed by atoms with E-state index in [1.165, 1.54) is 18.4 Å². The van der Waals surface area contributed by atoms with Crippen LogP contribution in [0.4, 0.5) is 0 Å². The lowest BCUT2D eigenvalue weighted by Gasteiger charge is -2.10. The highest BCUT2D eigenvalue weighted by atomic mass is 16.5. The van der Waals surface area contributed by atoms with E-state index in [0.717, 1.165) is 24.1 Å². The van der Waals surface area contributed by atoms with Crippen molar-refractivity contribution in [2.75, 3.05) is 13.7 Å².